The van der Waals surface area contributed by atoms with Crippen LogP contribution >= 0.6 is 0 Å². The molecule has 2 rings (SSSR count). The van der Waals surface area contributed by atoms with E-state index < -0.39 is 0 Å². The van der Waals surface area contributed by atoms with E-state index in [2.05, 4.69) is 41.4 Å². The lowest BCUT2D eigenvalue weighted by atomic mass is 9.75. The summed E-state index contributed by atoms with van der Waals surface area (Å²) < 4.78 is 0. The van der Waals surface area contributed by atoms with Crippen LogP contribution in [0.5, 0.6) is 0 Å². The Kier molecular flexibility index (Phi) is 4.27. The molecule has 0 bridgehead atoms. The highest BCUT2D eigenvalue weighted by Crippen LogP contribution is 2.36. The van der Waals surface area contributed by atoms with Gasteiger partial charge < -0.3 is 10.6 Å². The minimum atomic E-state index is 0.446. The summed E-state index contributed by atoms with van der Waals surface area (Å²) in [5.74, 6) is 1.94. The van der Waals surface area contributed by atoms with Crippen LogP contribution < -0.4 is 10.6 Å². The van der Waals surface area contributed by atoms with Gasteiger partial charge in [0.2, 0.25) is 0 Å². The van der Waals surface area contributed by atoms with Crippen molar-refractivity contribution in [2.75, 3.05) is 17.7 Å². The fourth-order valence-corrected chi connectivity index (χ4v) is 3.10. The van der Waals surface area contributed by atoms with Crippen molar-refractivity contribution >= 4 is 11.6 Å². The minimum Gasteiger partial charge on any atom is -0.373 e. The van der Waals surface area contributed by atoms with E-state index in [1.807, 2.05) is 7.05 Å². The largest absolute Gasteiger partial charge is 0.373 e. The van der Waals surface area contributed by atoms with E-state index in [-0.39, 0.29) is 0 Å². The fraction of sp³-hybridized carbons (Fsp3) is 0.733. The Morgan fingerprint density at radius 3 is 2.68 bits per heavy atom. The lowest BCUT2D eigenvalue weighted by molar-refractivity contribution is 0.229. The molecule has 1 unspecified atom stereocenters. The predicted molar refractivity (Wildman–Crippen MR) is 80.6 cm³/mol. The lowest BCUT2D eigenvalue weighted by Crippen LogP contribution is -2.32. The van der Waals surface area contributed by atoms with E-state index in [1.54, 1.807) is 6.33 Å². The molecule has 4 nitrogen and oxygen atoms in total. The topological polar surface area (TPSA) is 49.8 Å². The van der Waals surface area contributed by atoms with E-state index in [0.717, 1.165) is 18.1 Å². The van der Waals surface area contributed by atoms with Crippen molar-refractivity contribution in [2.45, 2.75) is 58.9 Å². The number of nitrogens with one attached hydrogen (secondary N) is 2. The third-order valence-electron chi connectivity index (χ3n) is 4.08. The maximum Gasteiger partial charge on any atom is 0.134 e. The number of hydrogen-bond donors (Lipinski definition) is 2. The van der Waals surface area contributed by atoms with E-state index in [1.165, 1.54) is 31.2 Å². The zero-order valence-electron chi connectivity index (χ0n) is 12.6. The summed E-state index contributed by atoms with van der Waals surface area (Å²) in [4.78, 5) is 8.73. The SMILES string of the molecule is CCc1c(NC)ncnc1NC1CCCC(C)(C)C1. The predicted octanol–water partition coefficient (Wildman–Crippen LogP) is 3.46. The molecule has 1 saturated carbocycles. The maximum absolute atomic E-state index is 4.44. The van der Waals surface area contributed by atoms with Gasteiger partial charge in [0.15, 0.2) is 0 Å². The molecule has 1 atom stereocenters. The Hall–Kier alpha value is -1.32. The monoisotopic (exact) mass is 262 g/mol. The van der Waals surface area contributed by atoms with Gasteiger partial charge in [-0.1, -0.05) is 27.2 Å². The Balaban J connectivity index is 2.14. The first-order valence-corrected chi connectivity index (χ1v) is 7.34. The molecule has 0 saturated heterocycles. The molecule has 1 aliphatic carbocycles. The standard InChI is InChI=1S/C15H26N4/c1-5-12-13(16-4)17-10-18-14(12)19-11-7-6-8-15(2,3)9-11/h10-11H,5-9H2,1-4H3,(H2,16,17,18,19). The van der Waals surface area contributed by atoms with Crippen LogP contribution in [-0.2, 0) is 6.42 Å². The smallest absolute Gasteiger partial charge is 0.134 e. The molecule has 0 spiro atoms. The number of anilines is 2. The van der Waals surface area contributed by atoms with E-state index in [9.17, 15) is 0 Å². The molecular formula is C15H26N4. The van der Waals surface area contributed by atoms with E-state index >= 15 is 0 Å². The van der Waals surface area contributed by atoms with Gasteiger partial charge in [-0.25, -0.2) is 9.97 Å². The third-order valence-corrected chi connectivity index (χ3v) is 4.08. The molecular weight excluding hydrogens is 236 g/mol. The summed E-state index contributed by atoms with van der Waals surface area (Å²) in [5, 5.41) is 6.79. The zero-order valence-corrected chi connectivity index (χ0v) is 12.6. The van der Waals surface area contributed by atoms with Crippen molar-refractivity contribution < 1.29 is 0 Å². The van der Waals surface area contributed by atoms with Gasteiger partial charge >= 0.3 is 0 Å². The Morgan fingerprint density at radius 2 is 2.05 bits per heavy atom. The van der Waals surface area contributed by atoms with Crippen molar-refractivity contribution in [2.24, 2.45) is 5.41 Å². The van der Waals surface area contributed by atoms with Crippen molar-refractivity contribution in [3.63, 3.8) is 0 Å². The van der Waals surface area contributed by atoms with Crippen molar-refractivity contribution in [1.82, 2.24) is 9.97 Å². The number of aromatic nitrogens is 2. The van der Waals surface area contributed by atoms with Gasteiger partial charge in [-0.05, 0) is 31.1 Å². The lowest BCUT2D eigenvalue weighted by Gasteiger charge is -2.36. The molecule has 19 heavy (non-hydrogen) atoms. The minimum absolute atomic E-state index is 0.446. The van der Waals surface area contributed by atoms with E-state index in [4.69, 9.17) is 0 Å². The van der Waals surface area contributed by atoms with Crippen molar-refractivity contribution in [3.05, 3.63) is 11.9 Å². The Morgan fingerprint density at radius 1 is 1.32 bits per heavy atom. The summed E-state index contributed by atoms with van der Waals surface area (Å²) >= 11 is 0. The van der Waals surface area contributed by atoms with Crippen LogP contribution in [-0.4, -0.2) is 23.1 Å². The summed E-state index contributed by atoms with van der Waals surface area (Å²) in [5.41, 5.74) is 1.63. The van der Waals surface area contributed by atoms with Crippen LogP contribution in [0.4, 0.5) is 11.6 Å². The molecule has 0 aromatic carbocycles. The first-order chi connectivity index (χ1) is 9.05. The molecule has 2 N–H and O–H groups in total. The summed E-state index contributed by atoms with van der Waals surface area (Å²) in [7, 11) is 1.91. The zero-order chi connectivity index (χ0) is 13.9. The molecule has 106 valence electrons. The summed E-state index contributed by atoms with van der Waals surface area (Å²) in [6.07, 6.45) is 7.67. The molecule has 0 amide bonds. The average molecular weight is 262 g/mol. The van der Waals surface area contributed by atoms with Gasteiger partial charge in [-0.15, -0.1) is 0 Å². The van der Waals surface area contributed by atoms with Crippen molar-refractivity contribution in [3.8, 4) is 0 Å². The number of rotatable bonds is 4. The summed E-state index contributed by atoms with van der Waals surface area (Å²) in [6, 6.07) is 0.536. The molecule has 0 aliphatic heterocycles. The van der Waals surface area contributed by atoms with Crippen molar-refractivity contribution in [1.29, 1.82) is 0 Å². The first kappa shape index (κ1) is 14.1. The Labute approximate surface area is 116 Å². The second kappa shape index (κ2) is 5.76. The summed E-state index contributed by atoms with van der Waals surface area (Å²) in [6.45, 7) is 6.87. The van der Waals surface area contributed by atoms with Gasteiger partial charge in [0.25, 0.3) is 0 Å². The second-order valence-corrected chi connectivity index (χ2v) is 6.25. The number of nitrogens with zero attached hydrogens (tertiary/aromatic N) is 2. The molecule has 0 radical (unpaired) electrons. The molecule has 1 fully saturated rings. The van der Waals surface area contributed by atoms with Gasteiger partial charge in [-0.2, -0.15) is 0 Å². The highest BCUT2D eigenvalue weighted by molar-refractivity contribution is 5.57. The quantitative estimate of drug-likeness (QED) is 0.872. The van der Waals surface area contributed by atoms with Crippen LogP contribution in [0.25, 0.3) is 0 Å². The second-order valence-electron chi connectivity index (χ2n) is 6.25. The number of hydrogen-bond acceptors (Lipinski definition) is 4. The molecule has 1 aliphatic rings. The van der Waals surface area contributed by atoms with Gasteiger partial charge in [0.1, 0.15) is 18.0 Å². The van der Waals surface area contributed by atoms with Gasteiger partial charge in [-0.3, -0.25) is 0 Å². The molecule has 1 aromatic heterocycles. The van der Waals surface area contributed by atoms with Gasteiger partial charge in [0.05, 0.1) is 0 Å². The highest BCUT2D eigenvalue weighted by Gasteiger charge is 2.28. The fourth-order valence-electron chi connectivity index (χ4n) is 3.10. The highest BCUT2D eigenvalue weighted by atomic mass is 15.1. The molecule has 1 heterocycles. The Bertz CT molecular complexity index is 428. The maximum atomic E-state index is 4.44. The third kappa shape index (κ3) is 3.37. The molecule has 4 heteroatoms. The normalized spacial score (nSPS) is 22.0. The average Bonchev–Trinajstić information content (AvgIpc) is 2.37. The van der Waals surface area contributed by atoms with Crippen LogP contribution in [0.1, 0.15) is 52.0 Å². The van der Waals surface area contributed by atoms with Crippen LogP contribution in [0.15, 0.2) is 6.33 Å². The first-order valence-electron chi connectivity index (χ1n) is 7.34. The van der Waals surface area contributed by atoms with Crippen LogP contribution in [0.2, 0.25) is 0 Å². The van der Waals surface area contributed by atoms with Crippen LogP contribution in [0, 0.1) is 5.41 Å². The van der Waals surface area contributed by atoms with E-state index in [0.29, 0.717) is 11.5 Å². The molecule has 1 aromatic rings. The van der Waals surface area contributed by atoms with Crippen LogP contribution in [0.3, 0.4) is 0 Å². The van der Waals surface area contributed by atoms with Gasteiger partial charge in [0, 0.05) is 18.7 Å².